The van der Waals surface area contributed by atoms with Gasteiger partial charge in [0.25, 0.3) is 0 Å². The number of carbonyl (C=O) groups excluding carboxylic acids is 1. The molecule has 6 heteroatoms. The first kappa shape index (κ1) is 18.8. The molecule has 3 nitrogen and oxygen atoms in total. The van der Waals surface area contributed by atoms with Crippen molar-refractivity contribution in [2.24, 2.45) is 0 Å². The number of para-hydroxylation sites is 1. The number of thiophene rings is 1. The highest BCUT2D eigenvalue weighted by atomic mass is 32.1. The Balaban J connectivity index is 1.64. The predicted molar refractivity (Wildman–Crippen MR) is 115 cm³/mol. The van der Waals surface area contributed by atoms with Crippen molar-refractivity contribution in [1.29, 1.82) is 0 Å². The molecule has 2 aromatic heterocycles. The van der Waals surface area contributed by atoms with Gasteiger partial charge in [0.1, 0.15) is 5.82 Å². The summed E-state index contributed by atoms with van der Waals surface area (Å²) in [6, 6.07) is 16.8. The molecule has 4 rings (SSSR count). The van der Waals surface area contributed by atoms with Gasteiger partial charge in [-0.25, -0.2) is 9.37 Å². The van der Waals surface area contributed by atoms with E-state index in [2.05, 4.69) is 11.1 Å². The number of rotatable bonds is 6. The maximum absolute atomic E-state index is 14.2. The van der Waals surface area contributed by atoms with Gasteiger partial charge in [0.15, 0.2) is 5.13 Å². The third kappa shape index (κ3) is 3.98. The largest absolute Gasteiger partial charge is 0.274 e. The van der Waals surface area contributed by atoms with Crippen LogP contribution in [-0.4, -0.2) is 10.9 Å². The number of thiazole rings is 1. The minimum Gasteiger partial charge on any atom is -0.274 e. The first-order valence-electron chi connectivity index (χ1n) is 9.09. The Morgan fingerprint density at radius 3 is 2.75 bits per heavy atom. The number of nitrogens with zero attached hydrogens (tertiary/aromatic N) is 2. The predicted octanol–water partition coefficient (Wildman–Crippen LogP) is 6.49. The van der Waals surface area contributed by atoms with E-state index in [-0.39, 0.29) is 11.7 Å². The molecule has 4 aromatic rings. The lowest BCUT2D eigenvalue weighted by Gasteiger charge is -2.20. The van der Waals surface area contributed by atoms with E-state index >= 15 is 0 Å². The fourth-order valence-electron chi connectivity index (χ4n) is 3.02. The van der Waals surface area contributed by atoms with E-state index in [9.17, 15) is 9.18 Å². The number of carbonyl (C=O) groups is 1. The van der Waals surface area contributed by atoms with Crippen LogP contribution in [0, 0.1) is 12.7 Å². The Kier molecular flexibility index (Phi) is 5.50. The number of benzene rings is 2. The highest BCUT2D eigenvalue weighted by Crippen LogP contribution is 2.34. The Hall–Kier alpha value is -2.57. The molecule has 0 saturated heterocycles. The smallest absolute Gasteiger partial charge is 0.233 e. The summed E-state index contributed by atoms with van der Waals surface area (Å²) in [5.74, 6) is -0.395. The molecule has 0 atom stereocenters. The quantitative estimate of drug-likeness (QED) is 0.364. The lowest BCUT2D eigenvalue weighted by atomic mass is 10.1. The Morgan fingerprint density at radius 1 is 1.14 bits per heavy atom. The SMILES string of the molecule is Cc1ccc(N(C(=O)CCCc2cccs2)c2nc3ccccc3s2)cc1F. The summed E-state index contributed by atoms with van der Waals surface area (Å²) in [6.07, 6.45) is 1.98. The van der Waals surface area contributed by atoms with E-state index < -0.39 is 0 Å². The lowest BCUT2D eigenvalue weighted by molar-refractivity contribution is -0.118. The van der Waals surface area contributed by atoms with Gasteiger partial charge in [-0.05, 0) is 61.0 Å². The van der Waals surface area contributed by atoms with E-state index in [0.29, 0.717) is 22.8 Å². The Morgan fingerprint density at radius 2 is 2.00 bits per heavy atom. The van der Waals surface area contributed by atoms with Crippen molar-refractivity contribution in [3.05, 3.63) is 76.2 Å². The van der Waals surface area contributed by atoms with Crippen LogP contribution in [0.15, 0.2) is 60.0 Å². The number of fused-ring (bicyclic) bond motifs is 1. The van der Waals surface area contributed by atoms with Crippen molar-refractivity contribution >= 4 is 49.6 Å². The third-order valence-electron chi connectivity index (χ3n) is 4.53. The lowest BCUT2D eigenvalue weighted by Crippen LogP contribution is -2.25. The second-order valence-corrected chi connectivity index (χ2v) is 8.60. The number of hydrogen-bond acceptors (Lipinski definition) is 4. The number of aromatic nitrogens is 1. The zero-order chi connectivity index (χ0) is 19.5. The van der Waals surface area contributed by atoms with Gasteiger partial charge in [0.2, 0.25) is 5.91 Å². The number of aryl methyl sites for hydroxylation is 2. The molecule has 0 fully saturated rings. The summed E-state index contributed by atoms with van der Waals surface area (Å²) in [5.41, 5.74) is 1.91. The summed E-state index contributed by atoms with van der Waals surface area (Å²) < 4.78 is 15.2. The van der Waals surface area contributed by atoms with Crippen molar-refractivity contribution in [3.8, 4) is 0 Å². The molecule has 0 spiro atoms. The van der Waals surface area contributed by atoms with Crippen LogP contribution < -0.4 is 4.90 Å². The highest BCUT2D eigenvalue weighted by molar-refractivity contribution is 7.22. The van der Waals surface area contributed by atoms with Gasteiger partial charge in [-0.2, -0.15) is 0 Å². The van der Waals surface area contributed by atoms with Crippen LogP contribution in [-0.2, 0) is 11.2 Å². The third-order valence-corrected chi connectivity index (χ3v) is 6.49. The minimum atomic E-state index is -0.324. The molecule has 0 aliphatic rings. The minimum absolute atomic E-state index is 0.0705. The number of hydrogen-bond donors (Lipinski definition) is 0. The van der Waals surface area contributed by atoms with Crippen LogP contribution in [0.5, 0.6) is 0 Å². The van der Waals surface area contributed by atoms with E-state index in [1.807, 2.05) is 35.7 Å². The monoisotopic (exact) mass is 410 g/mol. The van der Waals surface area contributed by atoms with Crippen molar-refractivity contribution in [3.63, 3.8) is 0 Å². The van der Waals surface area contributed by atoms with Gasteiger partial charge in [0, 0.05) is 11.3 Å². The molecule has 0 aliphatic carbocycles. The summed E-state index contributed by atoms with van der Waals surface area (Å²) >= 11 is 3.14. The van der Waals surface area contributed by atoms with Crippen molar-refractivity contribution < 1.29 is 9.18 Å². The maximum Gasteiger partial charge on any atom is 0.233 e. The van der Waals surface area contributed by atoms with Crippen molar-refractivity contribution in [1.82, 2.24) is 4.98 Å². The Labute approximate surface area is 171 Å². The molecular formula is C22H19FN2OS2. The zero-order valence-corrected chi connectivity index (χ0v) is 17.0. The Bertz CT molecular complexity index is 1070. The van der Waals surface area contributed by atoms with Crippen LogP contribution >= 0.6 is 22.7 Å². The molecule has 28 heavy (non-hydrogen) atoms. The average Bonchev–Trinajstić information content (AvgIpc) is 3.34. The fraction of sp³-hybridized carbons (Fsp3) is 0.182. The molecular weight excluding hydrogens is 391 g/mol. The van der Waals surface area contributed by atoms with Crippen molar-refractivity contribution in [2.75, 3.05) is 4.90 Å². The first-order valence-corrected chi connectivity index (χ1v) is 10.8. The molecule has 0 bridgehead atoms. The van der Waals surface area contributed by atoms with Gasteiger partial charge in [-0.15, -0.1) is 11.3 Å². The summed E-state index contributed by atoms with van der Waals surface area (Å²) in [6.45, 7) is 1.71. The summed E-state index contributed by atoms with van der Waals surface area (Å²) in [5, 5.41) is 2.62. The van der Waals surface area contributed by atoms with E-state index in [1.54, 1.807) is 35.3 Å². The molecule has 0 aliphatic heterocycles. The fourth-order valence-corrected chi connectivity index (χ4v) is 4.77. The van der Waals surface area contributed by atoms with E-state index in [4.69, 9.17) is 0 Å². The van der Waals surface area contributed by atoms with Gasteiger partial charge in [-0.1, -0.05) is 35.6 Å². The first-order chi connectivity index (χ1) is 13.6. The van der Waals surface area contributed by atoms with Crippen molar-refractivity contribution in [2.45, 2.75) is 26.2 Å². The number of halogens is 1. The van der Waals surface area contributed by atoms with E-state index in [1.165, 1.54) is 22.3 Å². The van der Waals surface area contributed by atoms with Crippen LogP contribution in [0.1, 0.15) is 23.3 Å². The summed E-state index contributed by atoms with van der Waals surface area (Å²) in [4.78, 5) is 20.6. The highest BCUT2D eigenvalue weighted by Gasteiger charge is 2.22. The topological polar surface area (TPSA) is 33.2 Å². The molecule has 0 N–H and O–H groups in total. The summed E-state index contributed by atoms with van der Waals surface area (Å²) in [7, 11) is 0. The zero-order valence-electron chi connectivity index (χ0n) is 15.4. The molecule has 0 unspecified atom stereocenters. The van der Waals surface area contributed by atoms with Crippen LogP contribution in [0.3, 0.4) is 0 Å². The normalized spacial score (nSPS) is 11.1. The number of amides is 1. The standard InChI is InChI=1S/C22H19FN2OS2/c1-15-11-12-16(14-18(15)23)25(21(26)10-4-6-17-7-5-13-27-17)22-24-19-8-2-3-9-20(19)28-22/h2-3,5,7-9,11-14H,4,6,10H2,1H3. The molecule has 2 aromatic carbocycles. The molecule has 0 radical (unpaired) electrons. The van der Waals surface area contributed by atoms with E-state index in [0.717, 1.165) is 23.1 Å². The second-order valence-electron chi connectivity index (χ2n) is 6.56. The van der Waals surface area contributed by atoms with Gasteiger partial charge >= 0.3 is 0 Å². The molecule has 142 valence electrons. The van der Waals surface area contributed by atoms with Crippen LogP contribution in [0.4, 0.5) is 15.2 Å². The van der Waals surface area contributed by atoms with Crippen LogP contribution in [0.2, 0.25) is 0 Å². The maximum atomic E-state index is 14.2. The average molecular weight is 411 g/mol. The second kappa shape index (κ2) is 8.20. The molecule has 1 amide bonds. The van der Waals surface area contributed by atoms with Gasteiger partial charge in [-0.3, -0.25) is 9.69 Å². The van der Waals surface area contributed by atoms with Crippen LogP contribution in [0.25, 0.3) is 10.2 Å². The number of anilines is 2. The molecule has 0 saturated carbocycles. The van der Waals surface area contributed by atoms with Gasteiger partial charge < -0.3 is 0 Å². The molecule has 2 heterocycles. The van der Waals surface area contributed by atoms with Gasteiger partial charge in [0.05, 0.1) is 15.9 Å².